The molecule has 0 atom stereocenters. The van der Waals surface area contributed by atoms with Crippen LogP contribution in [0.25, 0.3) is 5.70 Å². The van der Waals surface area contributed by atoms with Crippen molar-refractivity contribution in [1.29, 1.82) is 0 Å². The van der Waals surface area contributed by atoms with Crippen LogP contribution >= 0.6 is 11.6 Å². The van der Waals surface area contributed by atoms with Gasteiger partial charge in [0.15, 0.2) is 5.78 Å². The number of hydrogen-bond donors (Lipinski definition) is 1. The van der Waals surface area contributed by atoms with Crippen LogP contribution in [0.3, 0.4) is 0 Å². The lowest BCUT2D eigenvalue weighted by atomic mass is 9.48. The van der Waals surface area contributed by atoms with Gasteiger partial charge in [0.25, 0.3) is 0 Å². The predicted octanol–water partition coefficient (Wildman–Crippen LogP) is 5.39. The minimum atomic E-state index is -0.0718. The third kappa shape index (κ3) is 2.72. The van der Waals surface area contributed by atoms with Gasteiger partial charge in [-0.15, -0.1) is 0 Å². The van der Waals surface area contributed by atoms with Gasteiger partial charge in [-0.2, -0.15) is 0 Å². The van der Waals surface area contributed by atoms with Crippen molar-refractivity contribution in [2.24, 2.45) is 23.2 Å². The first-order chi connectivity index (χ1) is 12.3. The molecule has 4 aliphatic carbocycles. The standard InChI is InChI=1S/C23H28ClNO/c1-22(2)13-17-8-18(24)3-4-19(17)20(25-22)9-21(26)23-10-14-5-15(11-23)7-16(6-14)12-23/h3-4,8-9,14-16,25H,5-7,10-13H2,1-2H3. The number of allylic oxidation sites excluding steroid dienone is 1. The molecule has 1 heterocycles. The van der Waals surface area contributed by atoms with Crippen molar-refractivity contribution in [3.05, 3.63) is 40.4 Å². The summed E-state index contributed by atoms with van der Waals surface area (Å²) >= 11 is 6.23. The average molecular weight is 370 g/mol. The van der Waals surface area contributed by atoms with E-state index in [2.05, 4.69) is 31.3 Å². The fourth-order valence-electron chi connectivity index (χ4n) is 6.73. The number of benzene rings is 1. The Morgan fingerprint density at radius 1 is 1.12 bits per heavy atom. The summed E-state index contributed by atoms with van der Waals surface area (Å²) in [5, 5.41) is 4.40. The molecule has 1 aromatic rings. The fourth-order valence-corrected chi connectivity index (χ4v) is 6.93. The molecule has 4 bridgehead atoms. The van der Waals surface area contributed by atoms with Gasteiger partial charge in [0.1, 0.15) is 0 Å². The van der Waals surface area contributed by atoms with Gasteiger partial charge in [-0.1, -0.05) is 17.7 Å². The molecule has 0 unspecified atom stereocenters. The highest BCUT2D eigenvalue weighted by Crippen LogP contribution is 2.60. The van der Waals surface area contributed by atoms with Crippen LogP contribution in [0, 0.1) is 23.2 Å². The van der Waals surface area contributed by atoms with Gasteiger partial charge in [-0.05, 0) is 94.2 Å². The molecule has 4 saturated carbocycles. The molecule has 1 aliphatic heterocycles. The maximum Gasteiger partial charge on any atom is 0.163 e. The summed E-state index contributed by atoms with van der Waals surface area (Å²) in [6.45, 7) is 4.39. The van der Waals surface area contributed by atoms with Gasteiger partial charge >= 0.3 is 0 Å². The molecule has 5 aliphatic rings. The fraction of sp³-hybridized carbons (Fsp3) is 0.609. The molecule has 0 amide bonds. The van der Waals surface area contributed by atoms with Crippen molar-refractivity contribution in [1.82, 2.24) is 5.32 Å². The summed E-state index contributed by atoms with van der Waals surface area (Å²) in [5.74, 6) is 2.76. The van der Waals surface area contributed by atoms with Crippen LogP contribution in [-0.4, -0.2) is 11.3 Å². The number of fused-ring (bicyclic) bond motifs is 1. The number of carbonyl (C=O) groups excluding carboxylic acids is 1. The third-order valence-electron chi connectivity index (χ3n) is 7.30. The lowest BCUT2D eigenvalue weighted by Crippen LogP contribution is -2.50. The Balaban J connectivity index is 1.51. The van der Waals surface area contributed by atoms with E-state index in [-0.39, 0.29) is 11.0 Å². The van der Waals surface area contributed by atoms with E-state index in [9.17, 15) is 4.79 Å². The first-order valence-electron chi connectivity index (χ1n) is 10.2. The maximum atomic E-state index is 13.5. The van der Waals surface area contributed by atoms with Crippen molar-refractivity contribution in [3.63, 3.8) is 0 Å². The van der Waals surface area contributed by atoms with E-state index in [1.165, 1.54) is 24.8 Å². The lowest BCUT2D eigenvalue weighted by Gasteiger charge is -2.55. The smallest absolute Gasteiger partial charge is 0.163 e. The number of hydrogen-bond acceptors (Lipinski definition) is 2. The summed E-state index contributed by atoms with van der Waals surface area (Å²) in [6, 6.07) is 6.06. The number of nitrogens with one attached hydrogen (secondary N) is 1. The summed E-state index contributed by atoms with van der Waals surface area (Å²) in [4.78, 5) is 13.5. The highest BCUT2D eigenvalue weighted by Gasteiger charge is 2.53. The maximum absolute atomic E-state index is 13.5. The molecule has 2 nitrogen and oxygen atoms in total. The Morgan fingerprint density at radius 2 is 1.73 bits per heavy atom. The average Bonchev–Trinajstić information content (AvgIpc) is 2.51. The van der Waals surface area contributed by atoms with Gasteiger partial charge in [0, 0.05) is 33.3 Å². The number of halogens is 1. The minimum absolute atomic E-state index is 0.0642. The highest BCUT2D eigenvalue weighted by atomic mass is 35.5. The largest absolute Gasteiger partial charge is 0.379 e. The summed E-state index contributed by atoms with van der Waals surface area (Å²) in [6.07, 6.45) is 10.4. The van der Waals surface area contributed by atoms with Crippen molar-refractivity contribution < 1.29 is 4.79 Å². The molecule has 0 radical (unpaired) electrons. The second-order valence-electron chi connectivity index (χ2n) is 10.1. The number of carbonyl (C=O) groups is 1. The second-order valence-corrected chi connectivity index (χ2v) is 10.5. The molecule has 0 spiro atoms. The van der Waals surface area contributed by atoms with Crippen LogP contribution in [0.15, 0.2) is 24.3 Å². The SMILES string of the molecule is CC1(C)Cc2cc(Cl)ccc2C(=CC(=O)C23CC4CC(CC(C4)C2)C3)N1. The molecule has 1 N–H and O–H groups in total. The molecule has 26 heavy (non-hydrogen) atoms. The third-order valence-corrected chi connectivity index (χ3v) is 7.53. The highest BCUT2D eigenvalue weighted by molar-refractivity contribution is 6.30. The lowest BCUT2D eigenvalue weighted by molar-refractivity contribution is -0.138. The number of rotatable bonds is 2. The van der Waals surface area contributed by atoms with E-state index >= 15 is 0 Å². The van der Waals surface area contributed by atoms with Crippen LogP contribution in [0.4, 0.5) is 0 Å². The molecule has 0 saturated heterocycles. The van der Waals surface area contributed by atoms with Gasteiger partial charge in [-0.25, -0.2) is 0 Å². The van der Waals surface area contributed by atoms with Crippen LogP contribution in [0.5, 0.6) is 0 Å². The van der Waals surface area contributed by atoms with Crippen molar-refractivity contribution in [2.75, 3.05) is 0 Å². The van der Waals surface area contributed by atoms with Crippen LogP contribution in [-0.2, 0) is 11.2 Å². The monoisotopic (exact) mass is 369 g/mol. The Bertz CT molecular complexity index is 771. The normalized spacial score (nSPS) is 38.1. The zero-order valence-electron chi connectivity index (χ0n) is 15.8. The van der Waals surface area contributed by atoms with Crippen molar-refractivity contribution in [2.45, 2.75) is 64.3 Å². The van der Waals surface area contributed by atoms with E-state index in [1.807, 2.05) is 12.1 Å². The summed E-state index contributed by atoms with van der Waals surface area (Å²) < 4.78 is 0. The quantitative estimate of drug-likeness (QED) is 0.708. The van der Waals surface area contributed by atoms with Crippen LogP contribution in [0.1, 0.15) is 63.5 Å². The molecule has 1 aromatic carbocycles. The van der Waals surface area contributed by atoms with E-state index in [4.69, 9.17) is 11.6 Å². The zero-order chi connectivity index (χ0) is 18.1. The van der Waals surface area contributed by atoms with Crippen LogP contribution < -0.4 is 5.32 Å². The van der Waals surface area contributed by atoms with Gasteiger partial charge in [0.2, 0.25) is 0 Å². The van der Waals surface area contributed by atoms with Gasteiger partial charge < -0.3 is 5.32 Å². The van der Waals surface area contributed by atoms with Gasteiger partial charge in [-0.3, -0.25) is 4.79 Å². The first-order valence-corrected chi connectivity index (χ1v) is 10.5. The topological polar surface area (TPSA) is 29.1 Å². The molecular formula is C23H28ClNO. The molecule has 0 aromatic heterocycles. The van der Waals surface area contributed by atoms with Crippen molar-refractivity contribution >= 4 is 23.1 Å². The van der Waals surface area contributed by atoms with E-state index in [1.54, 1.807) is 0 Å². The Hall–Kier alpha value is -1.28. The van der Waals surface area contributed by atoms with Crippen LogP contribution in [0.2, 0.25) is 5.02 Å². The molecule has 4 fully saturated rings. The summed E-state index contributed by atoms with van der Waals surface area (Å²) in [7, 11) is 0. The first kappa shape index (κ1) is 16.9. The van der Waals surface area contributed by atoms with E-state index in [0.717, 1.165) is 59.7 Å². The van der Waals surface area contributed by atoms with Gasteiger partial charge in [0.05, 0.1) is 0 Å². The molecular weight excluding hydrogens is 342 g/mol. The zero-order valence-corrected chi connectivity index (χ0v) is 16.5. The summed E-state index contributed by atoms with van der Waals surface area (Å²) in [5.41, 5.74) is 3.24. The molecule has 138 valence electrons. The van der Waals surface area contributed by atoms with E-state index < -0.39 is 0 Å². The number of ketones is 1. The Kier molecular flexibility index (Phi) is 3.64. The molecule has 3 heteroatoms. The van der Waals surface area contributed by atoms with Crippen molar-refractivity contribution in [3.8, 4) is 0 Å². The Labute approximate surface area is 161 Å². The molecule has 6 rings (SSSR count). The minimum Gasteiger partial charge on any atom is -0.379 e. The Morgan fingerprint density at radius 3 is 2.35 bits per heavy atom. The second kappa shape index (κ2) is 5.61. The predicted molar refractivity (Wildman–Crippen MR) is 106 cm³/mol. The van der Waals surface area contributed by atoms with E-state index in [0.29, 0.717) is 5.78 Å².